The first-order chi connectivity index (χ1) is 38.8. The number of nitrogens with zero attached hydrogens (tertiary/aromatic N) is 1. The van der Waals surface area contributed by atoms with Gasteiger partial charge in [0.15, 0.2) is 25.0 Å². The fourth-order valence-electron chi connectivity index (χ4n) is 12.1. The molecule has 1 amide bonds. The molecule has 0 saturated heterocycles. The molecule has 0 spiro atoms. The number of allylic oxidation sites excluding steroid dienone is 3. The maximum Gasteiger partial charge on any atom is 0.331 e. The van der Waals surface area contributed by atoms with Crippen LogP contribution in [-0.2, 0) is 51.4 Å². The van der Waals surface area contributed by atoms with Crippen LogP contribution in [0.15, 0.2) is 60.4 Å². The first-order valence-corrected chi connectivity index (χ1v) is 39.6. The smallest absolute Gasteiger partial charge is 0.331 e. The molecule has 474 valence electrons. The van der Waals surface area contributed by atoms with Gasteiger partial charge in [0, 0.05) is 77.0 Å². The Morgan fingerprint density at radius 3 is 1.88 bits per heavy atom. The van der Waals surface area contributed by atoms with E-state index < -0.39 is 85.0 Å². The molecule has 0 radical (unpaired) electrons. The third-order valence-corrected chi connectivity index (χ3v) is 33.1. The van der Waals surface area contributed by atoms with Crippen LogP contribution in [0.1, 0.15) is 170 Å². The molecule has 1 N–H and O–H groups in total. The van der Waals surface area contributed by atoms with E-state index in [1.807, 2.05) is 40.0 Å². The lowest BCUT2D eigenvalue weighted by molar-refractivity contribution is -0.153. The van der Waals surface area contributed by atoms with Crippen LogP contribution >= 0.6 is 0 Å². The molecule has 0 saturated carbocycles. The molecule has 0 aromatic carbocycles. The van der Waals surface area contributed by atoms with Gasteiger partial charge in [0.25, 0.3) is 0 Å². The lowest BCUT2D eigenvalue weighted by atomic mass is 9.81. The summed E-state index contributed by atoms with van der Waals surface area (Å²) in [6.07, 6.45) is 18.5. The summed E-state index contributed by atoms with van der Waals surface area (Å²) in [6.45, 7) is 38.2. The van der Waals surface area contributed by atoms with Gasteiger partial charge in [0.05, 0.1) is 42.5 Å². The van der Waals surface area contributed by atoms with Crippen LogP contribution in [0, 0.1) is 41.4 Å². The van der Waals surface area contributed by atoms with Crippen molar-refractivity contribution >= 4 is 49.1 Å². The number of aliphatic hydroxyl groups excluding tert-OH is 1. The second-order valence-corrected chi connectivity index (χ2v) is 38.6. The molecule has 1 aliphatic rings. The van der Waals surface area contributed by atoms with Crippen molar-refractivity contribution in [3.05, 3.63) is 60.4 Å². The summed E-state index contributed by atoms with van der Waals surface area (Å²) in [7, 11) is -1.35. The topological polar surface area (TPSA) is 156 Å². The summed E-state index contributed by atoms with van der Waals surface area (Å²) >= 11 is 0. The molecule has 0 aliphatic carbocycles. The first-order valence-electron chi connectivity index (χ1n) is 32.0. The third kappa shape index (κ3) is 24.9. The van der Waals surface area contributed by atoms with Gasteiger partial charge in [-0.05, 0) is 111 Å². The molecule has 0 aromatic rings. The van der Waals surface area contributed by atoms with E-state index in [2.05, 4.69) is 108 Å². The van der Waals surface area contributed by atoms with E-state index >= 15 is 0 Å². The highest BCUT2D eigenvalue weighted by Gasteiger charge is 2.44. The number of carbonyl (C=O) groups is 4. The van der Waals surface area contributed by atoms with Gasteiger partial charge in [-0.25, -0.2) is 4.79 Å². The standard InChI is InChI=1S/C66H121NO12Si3/c1-22-80(23-2,24-3)77-62-36-32-31-33-38-63(72)76-61(37-34-35-57(73-20)45-48(10)39-40-49(11)60(74-21)42-41-50(12)65(55(62)17)78-81(25-4,26-5)27-6)54(16)66(79-82(28-7,29-8)30-9)53(15)59(71)46-58(70)52(14)64(75-56(18)69)51(13)43-44-67(19)47-68/h31-35,38,40,43-44,47-48,50-55,57,59-62,64-66,71H,22-30,36-37,39,41-42,45-46H2,1-21H3/b32-31+,35-34+,38-33+,44-43+,49-40+/t48-,50-,51-,52+,53+,54-,55-,57+,59?,60+,61+,62-,64-,65-,66+/m1/s1. The van der Waals surface area contributed by atoms with Gasteiger partial charge in [0.2, 0.25) is 6.41 Å². The minimum Gasteiger partial charge on any atom is -0.461 e. The Morgan fingerprint density at radius 2 is 1.35 bits per heavy atom. The van der Waals surface area contributed by atoms with Crippen molar-refractivity contribution in [3.63, 3.8) is 0 Å². The van der Waals surface area contributed by atoms with E-state index in [0.717, 1.165) is 80.1 Å². The lowest BCUT2D eigenvalue weighted by Gasteiger charge is -2.44. The van der Waals surface area contributed by atoms with Gasteiger partial charge >= 0.3 is 11.9 Å². The number of hydrogen-bond donors (Lipinski definition) is 1. The van der Waals surface area contributed by atoms with Crippen LogP contribution in [0.2, 0.25) is 54.4 Å². The zero-order valence-electron chi connectivity index (χ0n) is 55.6. The highest BCUT2D eigenvalue weighted by Crippen LogP contribution is 2.38. The second kappa shape index (κ2) is 39.8. The van der Waals surface area contributed by atoms with E-state index in [1.165, 1.54) is 23.5 Å². The number of rotatable bonds is 30. The summed E-state index contributed by atoms with van der Waals surface area (Å²) in [4.78, 5) is 53.4. The zero-order valence-corrected chi connectivity index (χ0v) is 58.6. The minimum atomic E-state index is -2.39. The molecule has 82 heavy (non-hydrogen) atoms. The summed E-state index contributed by atoms with van der Waals surface area (Å²) < 4.78 is 47.0. The monoisotopic (exact) mass is 1200 g/mol. The van der Waals surface area contributed by atoms with Crippen molar-refractivity contribution < 1.29 is 56.5 Å². The molecule has 1 heterocycles. The van der Waals surface area contributed by atoms with Gasteiger partial charge in [0.1, 0.15) is 18.0 Å². The van der Waals surface area contributed by atoms with Crippen LogP contribution in [0.3, 0.4) is 0 Å². The average molecular weight is 1200 g/mol. The molecule has 1 aliphatic heterocycles. The number of aliphatic hydroxyl groups is 1. The molecule has 0 bridgehead atoms. The van der Waals surface area contributed by atoms with E-state index in [0.29, 0.717) is 25.2 Å². The average Bonchev–Trinajstić information content (AvgIpc) is 3.50. The van der Waals surface area contributed by atoms with Gasteiger partial charge < -0.3 is 42.2 Å². The van der Waals surface area contributed by atoms with E-state index in [9.17, 15) is 24.3 Å². The predicted octanol–water partition coefficient (Wildman–Crippen LogP) is 15.4. The maximum absolute atomic E-state index is 14.2. The zero-order chi connectivity index (χ0) is 62.4. The van der Waals surface area contributed by atoms with E-state index in [4.69, 9.17) is 32.2 Å². The number of amides is 1. The minimum absolute atomic E-state index is 0.00191. The molecule has 16 heteroatoms. The van der Waals surface area contributed by atoms with Crippen molar-refractivity contribution in [3.8, 4) is 0 Å². The summed E-state index contributed by atoms with van der Waals surface area (Å²) in [5.41, 5.74) is 1.23. The largest absolute Gasteiger partial charge is 0.461 e. The van der Waals surface area contributed by atoms with E-state index in [-0.39, 0.29) is 48.5 Å². The molecule has 1 unspecified atom stereocenters. The Kier molecular flexibility index (Phi) is 37.5. The third-order valence-electron chi connectivity index (χ3n) is 19.2. The number of Topliss-reactive ketones (excluding diaryl/α,β-unsaturated/α-hetero) is 1. The normalized spacial score (nSPS) is 27.2. The lowest BCUT2D eigenvalue weighted by Crippen LogP contribution is -2.50. The number of ketones is 1. The molecule has 0 aromatic heterocycles. The molecular formula is C66H121NO12Si3. The quantitative estimate of drug-likeness (QED) is 0.0315. The second-order valence-electron chi connectivity index (χ2n) is 24.4. The summed E-state index contributed by atoms with van der Waals surface area (Å²) in [5, 5.41) is 12.2. The SMILES string of the molecule is CC[Si](CC)(CC)O[C@H]([C@H](C)[C@@H]1C/C=C/[C@H](OC)C[C@H](C)C/C=C(\C)[C@@H](OC)CC[C@@H](C)[C@@H](O[Si](CC)(CC)CC)[C@H](C)[C@H](O[Si](CC)(CC)CC)C/C=C/C=C/C(=O)O1)[C@@H](C)C(O)CC(=O)[C@H](C)[C@H](OC(C)=O)[C@H](C)/C=C/N(C)C=O. The highest BCUT2D eigenvalue weighted by molar-refractivity contribution is 6.74. The first kappa shape index (κ1) is 77.2. The van der Waals surface area contributed by atoms with Gasteiger partial charge in [-0.1, -0.05) is 153 Å². The fraction of sp³-hybridized carbons (Fsp3) is 0.788. The van der Waals surface area contributed by atoms with Gasteiger partial charge in [-0.2, -0.15) is 0 Å². The van der Waals surface area contributed by atoms with Crippen LogP contribution < -0.4 is 0 Å². The number of hydrogen-bond acceptors (Lipinski definition) is 12. The molecular weight excluding hydrogens is 1080 g/mol. The number of cyclic esters (lactones) is 1. The molecule has 15 atom stereocenters. The van der Waals surface area contributed by atoms with Crippen molar-refractivity contribution in [2.24, 2.45) is 41.4 Å². The van der Waals surface area contributed by atoms with Crippen LogP contribution in [0.25, 0.3) is 0 Å². The van der Waals surface area contributed by atoms with Crippen molar-refractivity contribution in [2.45, 2.75) is 273 Å². The Labute approximate surface area is 504 Å². The molecule has 0 fully saturated rings. The summed E-state index contributed by atoms with van der Waals surface area (Å²) in [6, 6.07) is 8.85. The Hall–Kier alpha value is -2.81. The Morgan fingerprint density at radius 1 is 0.780 bits per heavy atom. The van der Waals surface area contributed by atoms with Crippen LogP contribution in [-0.4, -0.2) is 129 Å². The van der Waals surface area contributed by atoms with Gasteiger partial charge in [-0.15, -0.1) is 0 Å². The number of carbonyl (C=O) groups excluding carboxylic acids is 4. The van der Waals surface area contributed by atoms with Crippen molar-refractivity contribution in [2.75, 3.05) is 21.3 Å². The van der Waals surface area contributed by atoms with Gasteiger partial charge in [-0.3, -0.25) is 14.4 Å². The number of ether oxygens (including phenoxy) is 4. The molecule has 1 rings (SSSR count). The summed E-state index contributed by atoms with van der Waals surface area (Å²) in [5.74, 6) is -2.81. The van der Waals surface area contributed by atoms with E-state index in [1.54, 1.807) is 39.4 Å². The fourth-order valence-corrected chi connectivity index (χ4v) is 21.1. The predicted molar refractivity (Wildman–Crippen MR) is 345 cm³/mol. The number of methoxy groups -OCH3 is 2. The number of esters is 2. The van der Waals surface area contributed by atoms with Crippen molar-refractivity contribution in [1.82, 2.24) is 4.90 Å². The molecule has 13 nitrogen and oxygen atoms in total. The van der Waals surface area contributed by atoms with Crippen molar-refractivity contribution in [1.29, 1.82) is 0 Å². The maximum atomic E-state index is 14.2. The Bertz CT molecular complexity index is 1960. The van der Waals surface area contributed by atoms with Crippen LogP contribution in [0.5, 0.6) is 0 Å². The van der Waals surface area contributed by atoms with Crippen LogP contribution in [0.4, 0.5) is 0 Å². The highest BCUT2D eigenvalue weighted by atomic mass is 28.4. The Balaban J connectivity index is 4.08.